The fraction of sp³-hybridized carbons (Fsp3) is 0.111. The lowest BCUT2D eigenvalue weighted by molar-refractivity contribution is -0.134. The number of fused-ring (bicyclic) bond motifs is 1. The van der Waals surface area contributed by atoms with Gasteiger partial charge in [-0.15, -0.1) is 0 Å². The molecule has 0 bridgehead atoms. The molecule has 0 saturated heterocycles. The molecule has 3 aromatic rings. The van der Waals surface area contributed by atoms with Gasteiger partial charge in [-0.2, -0.15) is 0 Å². The van der Waals surface area contributed by atoms with Crippen LogP contribution in [0.5, 0.6) is 0 Å². The van der Waals surface area contributed by atoms with Crippen LogP contribution in [0.25, 0.3) is 28.3 Å². The number of aryl methyl sites for hydroxylation is 1. The van der Waals surface area contributed by atoms with E-state index < -0.39 is 0 Å². The predicted octanol–water partition coefficient (Wildman–Crippen LogP) is 3.99. The van der Waals surface area contributed by atoms with Gasteiger partial charge in [-0.1, -0.05) is 41.1 Å². The molecule has 0 amide bonds. The van der Waals surface area contributed by atoms with Crippen molar-refractivity contribution in [1.29, 1.82) is 0 Å². The summed E-state index contributed by atoms with van der Waals surface area (Å²) in [6.07, 6.45) is 3.09. The molecule has 22 heavy (non-hydrogen) atoms. The number of carbonyl (C=O) groups is 1. The van der Waals surface area contributed by atoms with E-state index in [4.69, 9.17) is 4.52 Å². The SMILES string of the molecule is COC(=O)C=Cc1ccc2noc(-c3ccc(C)cc3)c2c1. The molecule has 0 unspecified atom stereocenters. The minimum Gasteiger partial charge on any atom is -0.466 e. The van der Waals surface area contributed by atoms with Crippen LogP contribution in [0, 0.1) is 6.92 Å². The standard InChI is InChI=1S/C18H15NO3/c1-12-3-7-14(8-4-12)18-15-11-13(6-10-17(20)21-2)5-9-16(15)19-22-18/h3-11H,1-2H3. The van der Waals surface area contributed by atoms with E-state index in [2.05, 4.69) is 9.89 Å². The second-order valence-electron chi connectivity index (χ2n) is 5.01. The third kappa shape index (κ3) is 2.76. The van der Waals surface area contributed by atoms with E-state index in [0.29, 0.717) is 0 Å². The number of esters is 1. The van der Waals surface area contributed by atoms with Crippen LogP contribution in [-0.4, -0.2) is 18.2 Å². The minimum absolute atomic E-state index is 0.385. The molecule has 1 heterocycles. The predicted molar refractivity (Wildman–Crippen MR) is 85.2 cm³/mol. The van der Waals surface area contributed by atoms with Crippen molar-refractivity contribution in [2.45, 2.75) is 6.92 Å². The van der Waals surface area contributed by atoms with Crippen molar-refractivity contribution >= 4 is 22.9 Å². The van der Waals surface area contributed by atoms with Crippen molar-refractivity contribution in [2.24, 2.45) is 0 Å². The highest BCUT2D eigenvalue weighted by Crippen LogP contribution is 2.29. The number of aromatic nitrogens is 1. The number of hydrogen-bond acceptors (Lipinski definition) is 4. The van der Waals surface area contributed by atoms with Crippen molar-refractivity contribution in [3.8, 4) is 11.3 Å². The topological polar surface area (TPSA) is 52.3 Å². The van der Waals surface area contributed by atoms with Crippen molar-refractivity contribution < 1.29 is 14.1 Å². The molecule has 0 saturated carbocycles. The van der Waals surface area contributed by atoms with Gasteiger partial charge in [0.05, 0.1) is 12.5 Å². The zero-order chi connectivity index (χ0) is 15.5. The van der Waals surface area contributed by atoms with E-state index in [1.807, 2.05) is 49.4 Å². The van der Waals surface area contributed by atoms with Crippen molar-refractivity contribution in [3.63, 3.8) is 0 Å². The number of methoxy groups -OCH3 is 1. The number of carbonyl (C=O) groups excluding carboxylic acids is 1. The zero-order valence-corrected chi connectivity index (χ0v) is 12.4. The first-order valence-electron chi connectivity index (χ1n) is 6.90. The summed E-state index contributed by atoms with van der Waals surface area (Å²) >= 11 is 0. The molecule has 0 aliphatic carbocycles. The number of rotatable bonds is 3. The van der Waals surface area contributed by atoms with E-state index in [1.54, 1.807) is 6.08 Å². The average molecular weight is 293 g/mol. The van der Waals surface area contributed by atoms with E-state index in [1.165, 1.54) is 18.7 Å². The molecule has 0 fully saturated rings. The van der Waals surface area contributed by atoms with Crippen LogP contribution in [0.4, 0.5) is 0 Å². The summed E-state index contributed by atoms with van der Waals surface area (Å²) in [6, 6.07) is 13.8. The molecule has 0 aliphatic rings. The van der Waals surface area contributed by atoms with E-state index >= 15 is 0 Å². The van der Waals surface area contributed by atoms with Gasteiger partial charge in [0.15, 0.2) is 5.76 Å². The van der Waals surface area contributed by atoms with Gasteiger partial charge < -0.3 is 9.26 Å². The normalized spacial score (nSPS) is 11.2. The summed E-state index contributed by atoms with van der Waals surface area (Å²) in [6.45, 7) is 2.04. The number of hydrogen-bond donors (Lipinski definition) is 0. The van der Waals surface area contributed by atoms with Gasteiger partial charge in [0.25, 0.3) is 0 Å². The van der Waals surface area contributed by atoms with Crippen LogP contribution in [0.3, 0.4) is 0 Å². The molecule has 0 radical (unpaired) electrons. The summed E-state index contributed by atoms with van der Waals surface area (Å²) < 4.78 is 10.1. The molecular formula is C18H15NO3. The van der Waals surface area contributed by atoms with E-state index in [9.17, 15) is 4.79 Å². The zero-order valence-electron chi connectivity index (χ0n) is 12.4. The Bertz CT molecular complexity index is 844. The third-order valence-corrected chi connectivity index (χ3v) is 3.43. The van der Waals surface area contributed by atoms with Gasteiger partial charge in [-0.3, -0.25) is 0 Å². The second-order valence-corrected chi connectivity index (χ2v) is 5.01. The second kappa shape index (κ2) is 5.85. The lowest BCUT2D eigenvalue weighted by Gasteiger charge is -1.99. The van der Waals surface area contributed by atoms with Gasteiger partial charge in [0.1, 0.15) is 5.52 Å². The average Bonchev–Trinajstić information content (AvgIpc) is 2.96. The number of ether oxygens (including phenoxy) is 1. The van der Waals surface area contributed by atoms with Crippen LogP contribution in [-0.2, 0) is 9.53 Å². The molecule has 0 spiro atoms. The molecule has 0 atom stereocenters. The van der Waals surface area contributed by atoms with Crippen LogP contribution in [0.15, 0.2) is 53.1 Å². The highest BCUT2D eigenvalue weighted by Gasteiger charge is 2.10. The molecule has 0 aliphatic heterocycles. The Kier molecular flexibility index (Phi) is 3.74. The van der Waals surface area contributed by atoms with Crippen molar-refractivity contribution in [2.75, 3.05) is 7.11 Å². The van der Waals surface area contributed by atoms with Crippen LogP contribution >= 0.6 is 0 Å². The van der Waals surface area contributed by atoms with Gasteiger partial charge in [0, 0.05) is 11.6 Å². The first kappa shape index (κ1) is 14.1. The maximum Gasteiger partial charge on any atom is 0.330 e. The maximum atomic E-state index is 11.2. The number of nitrogens with zero attached hydrogens (tertiary/aromatic N) is 1. The summed E-state index contributed by atoms with van der Waals surface area (Å²) in [4.78, 5) is 11.2. The molecule has 3 rings (SSSR count). The van der Waals surface area contributed by atoms with Crippen molar-refractivity contribution in [3.05, 3.63) is 59.7 Å². The summed E-state index contributed by atoms with van der Waals surface area (Å²) in [7, 11) is 1.35. The van der Waals surface area contributed by atoms with Gasteiger partial charge in [-0.25, -0.2) is 4.79 Å². The largest absolute Gasteiger partial charge is 0.466 e. The lowest BCUT2D eigenvalue weighted by atomic mass is 10.0. The van der Waals surface area contributed by atoms with Crippen LogP contribution in [0.1, 0.15) is 11.1 Å². The summed E-state index contributed by atoms with van der Waals surface area (Å²) in [5, 5.41) is 4.99. The Morgan fingerprint density at radius 2 is 1.95 bits per heavy atom. The molecule has 4 nitrogen and oxygen atoms in total. The first-order chi connectivity index (χ1) is 10.7. The monoisotopic (exact) mass is 293 g/mol. The first-order valence-corrected chi connectivity index (χ1v) is 6.90. The molecule has 2 aromatic carbocycles. The maximum absolute atomic E-state index is 11.2. The highest BCUT2D eigenvalue weighted by atomic mass is 16.5. The Hall–Kier alpha value is -2.88. The Labute approximate surface area is 128 Å². The van der Waals surface area contributed by atoms with Crippen LogP contribution < -0.4 is 0 Å². The lowest BCUT2D eigenvalue weighted by Crippen LogP contribution is -1.93. The molecule has 4 heteroatoms. The van der Waals surface area contributed by atoms with E-state index in [0.717, 1.165) is 27.8 Å². The Morgan fingerprint density at radius 1 is 1.18 bits per heavy atom. The highest BCUT2D eigenvalue weighted by molar-refractivity contribution is 5.94. The summed E-state index contributed by atoms with van der Waals surface area (Å²) in [5.74, 6) is 0.340. The molecule has 0 N–H and O–H groups in total. The molecular weight excluding hydrogens is 278 g/mol. The summed E-state index contributed by atoms with van der Waals surface area (Å²) in [5.41, 5.74) is 3.83. The number of benzene rings is 2. The quantitative estimate of drug-likeness (QED) is 0.541. The van der Waals surface area contributed by atoms with E-state index in [-0.39, 0.29) is 5.97 Å². The third-order valence-electron chi connectivity index (χ3n) is 3.43. The van der Waals surface area contributed by atoms with Crippen LogP contribution in [0.2, 0.25) is 0 Å². The fourth-order valence-corrected chi connectivity index (χ4v) is 2.21. The van der Waals surface area contributed by atoms with Gasteiger partial charge >= 0.3 is 5.97 Å². The van der Waals surface area contributed by atoms with Gasteiger partial charge in [0.2, 0.25) is 0 Å². The minimum atomic E-state index is -0.385. The smallest absolute Gasteiger partial charge is 0.330 e. The fourth-order valence-electron chi connectivity index (χ4n) is 2.21. The molecule has 1 aromatic heterocycles. The Morgan fingerprint density at radius 3 is 2.68 bits per heavy atom. The van der Waals surface area contributed by atoms with Gasteiger partial charge in [-0.05, 0) is 30.7 Å². The molecule has 110 valence electrons. The van der Waals surface area contributed by atoms with Crippen molar-refractivity contribution in [1.82, 2.24) is 5.16 Å². The Balaban J connectivity index is 2.03.